The van der Waals surface area contributed by atoms with E-state index in [9.17, 15) is 0 Å². The molecule has 0 saturated carbocycles. The zero-order chi connectivity index (χ0) is 13.8. The summed E-state index contributed by atoms with van der Waals surface area (Å²) in [7, 11) is 1.88. The average Bonchev–Trinajstić information content (AvgIpc) is 2.75. The second-order valence-corrected chi connectivity index (χ2v) is 5.00. The molecule has 0 unspecified atom stereocenters. The molecule has 0 radical (unpaired) electrons. The van der Waals surface area contributed by atoms with Crippen LogP contribution < -0.4 is 10.5 Å². The van der Waals surface area contributed by atoms with Crippen LogP contribution in [0.4, 0.5) is 0 Å². The Hall–Kier alpha value is -1.59. The fraction of sp³-hybridized carbons (Fsp3) is 0.231. The number of rotatable bonds is 5. The molecule has 1 aromatic heterocycles. The van der Waals surface area contributed by atoms with Gasteiger partial charge in [0.05, 0.1) is 18.4 Å². The van der Waals surface area contributed by atoms with Crippen LogP contribution in [0.15, 0.2) is 30.6 Å². The molecule has 100 valence electrons. The highest BCUT2D eigenvalue weighted by molar-refractivity contribution is 7.80. The van der Waals surface area contributed by atoms with Gasteiger partial charge >= 0.3 is 0 Å². The number of hydrogen-bond acceptors (Lipinski definition) is 3. The molecule has 0 aliphatic rings. The summed E-state index contributed by atoms with van der Waals surface area (Å²) in [6.07, 6.45) is 4.53. The number of hydrogen-bond donors (Lipinski definition) is 1. The first-order valence-corrected chi connectivity index (χ1v) is 6.54. The Labute approximate surface area is 122 Å². The molecule has 2 aromatic rings. The van der Waals surface area contributed by atoms with Gasteiger partial charge in [0, 0.05) is 24.7 Å². The van der Waals surface area contributed by atoms with Gasteiger partial charge in [-0.3, -0.25) is 4.68 Å². The minimum Gasteiger partial charge on any atom is -0.492 e. The van der Waals surface area contributed by atoms with E-state index in [0.29, 0.717) is 27.9 Å². The summed E-state index contributed by atoms with van der Waals surface area (Å²) in [5.41, 5.74) is 7.46. The SMILES string of the molecule is Cn1cc(CCOc2cc(Cl)ccc2C(N)=S)cn1. The van der Waals surface area contributed by atoms with Gasteiger partial charge in [-0.1, -0.05) is 23.8 Å². The lowest BCUT2D eigenvalue weighted by Crippen LogP contribution is -2.12. The van der Waals surface area contributed by atoms with Crippen LogP contribution in [-0.4, -0.2) is 21.4 Å². The zero-order valence-corrected chi connectivity index (χ0v) is 12.0. The Bertz CT molecular complexity index is 597. The number of thiocarbonyl (C=S) groups is 1. The van der Waals surface area contributed by atoms with Gasteiger partial charge in [0.2, 0.25) is 0 Å². The van der Waals surface area contributed by atoms with Crippen LogP contribution in [0.3, 0.4) is 0 Å². The molecule has 2 rings (SSSR count). The van der Waals surface area contributed by atoms with Crippen LogP contribution in [0.25, 0.3) is 0 Å². The Morgan fingerprint density at radius 2 is 2.32 bits per heavy atom. The highest BCUT2D eigenvalue weighted by atomic mass is 35.5. The predicted molar refractivity (Wildman–Crippen MR) is 79.7 cm³/mol. The second kappa shape index (κ2) is 6.04. The first-order chi connectivity index (χ1) is 9.06. The van der Waals surface area contributed by atoms with Gasteiger partial charge in [-0.25, -0.2) is 0 Å². The number of aromatic nitrogens is 2. The molecule has 0 spiro atoms. The zero-order valence-electron chi connectivity index (χ0n) is 10.5. The van der Waals surface area contributed by atoms with Crippen LogP contribution in [0.5, 0.6) is 5.75 Å². The molecule has 1 heterocycles. The lowest BCUT2D eigenvalue weighted by Gasteiger charge is -2.10. The maximum Gasteiger partial charge on any atom is 0.130 e. The molecule has 0 fully saturated rings. The molecule has 1 aromatic carbocycles. The highest BCUT2D eigenvalue weighted by Gasteiger charge is 2.07. The average molecular weight is 296 g/mol. The molecule has 0 aliphatic carbocycles. The third kappa shape index (κ3) is 3.68. The summed E-state index contributed by atoms with van der Waals surface area (Å²) < 4.78 is 7.46. The van der Waals surface area contributed by atoms with Gasteiger partial charge in [0.1, 0.15) is 10.7 Å². The summed E-state index contributed by atoms with van der Waals surface area (Å²) in [5.74, 6) is 0.615. The Kier molecular flexibility index (Phi) is 4.39. The van der Waals surface area contributed by atoms with Crippen molar-refractivity contribution < 1.29 is 4.74 Å². The lowest BCUT2D eigenvalue weighted by atomic mass is 10.2. The quantitative estimate of drug-likeness (QED) is 0.860. The molecule has 0 saturated heterocycles. The number of benzene rings is 1. The highest BCUT2D eigenvalue weighted by Crippen LogP contribution is 2.23. The standard InChI is InChI=1S/C13H14ClN3OS/c1-17-8-9(7-16-17)4-5-18-12-6-10(14)2-3-11(12)13(15)19/h2-3,6-8H,4-5H2,1H3,(H2,15,19). The molecular formula is C13H14ClN3OS. The van der Waals surface area contributed by atoms with Crippen molar-refractivity contribution in [2.45, 2.75) is 6.42 Å². The van der Waals surface area contributed by atoms with E-state index in [1.807, 2.05) is 19.4 Å². The minimum absolute atomic E-state index is 0.299. The van der Waals surface area contributed by atoms with Gasteiger partial charge in [0.15, 0.2) is 0 Å². The number of halogens is 1. The van der Waals surface area contributed by atoms with Crippen molar-refractivity contribution >= 4 is 28.8 Å². The first-order valence-electron chi connectivity index (χ1n) is 5.76. The molecule has 4 nitrogen and oxygen atoms in total. The number of aryl methyl sites for hydroxylation is 1. The van der Waals surface area contributed by atoms with Gasteiger partial charge in [-0.05, 0) is 23.8 Å². The molecular weight excluding hydrogens is 282 g/mol. The van der Waals surface area contributed by atoms with Crippen LogP contribution in [0, 0.1) is 0 Å². The smallest absolute Gasteiger partial charge is 0.130 e. The van der Waals surface area contributed by atoms with E-state index in [4.69, 9.17) is 34.3 Å². The molecule has 0 amide bonds. The van der Waals surface area contributed by atoms with Crippen LogP contribution in [0.2, 0.25) is 5.02 Å². The van der Waals surface area contributed by atoms with Crippen molar-refractivity contribution in [1.29, 1.82) is 0 Å². The Morgan fingerprint density at radius 3 is 2.95 bits per heavy atom. The Morgan fingerprint density at radius 1 is 1.53 bits per heavy atom. The number of nitrogens with two attached hydrogens (primary N) is 1. The summed E-state index contributed by atoms with van der Waals surface area (Å²) in [6.45, 7) is 0.516. The molecule has 0 aliphatic heterocycles. The van der Waals surface area contributed by atoms with Crippen LogP contribution in [0.1, 0.15) is 11.1 Å². The molecule has 0 atom stereocenters. The van der Waals surface area contributed by atoms with E-state index in [2.05, 4.69) is 5.10 Å². The largest absolute Gasteiger partial charge is 0.492 e. The maximum atomic E-state index is 5.94. The van der Waals surface area contributed by atoms with Crippen LogP contribution >= 0.6 is 23.8 Å². The Balaban J connectivity index is 2.02. The third-order valence-electron chi connectivity index (χ3n) is 2.62. The molecule has 2 N–H and O–H groups in total. The summed E-state index contributed by atoms with van der Waals surface area (Å²) in [4.78, 5) is 0.299. The van der Waals surface area contributed by atoms with E-state index in [1.54, 1.807) is 22.9 Å². The molecule has 6 heteroatoms. The van der Waals surface area contributed by atoms with E-state index < -0.39 is 0 Å². The fourth-order valence-electron chi connectivity index (χ4n) is 1.70. The van der Waals surface area contributed by atoms with Gasteiger partial charge in [-0.15, -0.1) is 0 Å². The van der Waals surface area contributed by atoms with Crippen molar-refractivity contribution in [3.05, 3.63) is 46.7 Å². The third-order valence-corrected chi connectivity index (χ3v) is 3.07. The summed E-state index contributed by atoms with van der Waals surface area (Å²) in [6, 6.07) is 5.23. The van der Waals surface area contributed by atoms with Crippen molar-refractivity contribution in [3.63, 3.8) is 0 Å². The van der Waals surface area contributed by atoms with E-state index in [1.165, 1.54) is 0 Å². The predicted octanol–water partition coefficient (Wildman–Crippen LogP) is 2.33. The van der Waals surface area contributed by atoms with E-state index >= 15 is 0 Å². The number of ether oxygens (including phenoxy) is 1. The maximum absolute atomic E-state index is 5.94. The molecule has 0 bridgehead atoms. The minimum atomic E-state index is 0.299. The van der Waals surface area contributed by atoms with Crippen molar-refractivity contribution in [3.8, 4) is 5.75 Å². The van der Waals surface area contributed by atoms with Crippen molar-refractivity contribution in [2.24, 2.45) is 12.8 Å². The topological polar surface area (TPSA) is 53.1 Å². The van der Waals surface area contributed by atoms with Crippen LogP contribution in [-0.2, 0) is 13.5 Å². The fourth-order valence-corrected chi connectivity index (χ4v) is 2.03. The molecule has 19 heavy (non-hydrogen) atoms. The summed E-state index contributed by atoms with van der Waals surface area (Å²) >= 11 is 10.9. The van der Waals surface area contributed by atoms with E-state index in [0.717, 1.165) is 12.0 Å². The van der Waals surface area contributed by atoms with E-state index in [-0.39, 0.29) is 0 Å². The normalized spacial score (nSPS) is 10.4. The number of nitrogens with zero attached hydrogens (tertiary/aromatic N) is 2. The van der Waals surface area contributed by atoms with Crippen molar-refractivity contribution in [1.82, 2.24) is 9.78 Å². The summed E-state index contributed by atoms with van der Waals surface area (Å²) in [5, 5.41) is 4.70. The monoisotopic (exact) mass is 295 g/mol. The van der Waals surface area contributed by atoms with Gasteiger partial charge in [-0.2, -0.15) is 5.10 Å². The second-order valence-electron chi connectivity index (χ2n) is 4.13. The van der Waals surface area contributed by atoms with Crippen molar-refractivity contribution in [2.75, 3.05) is 6.61 Å². The lowest BCUT2D eigenvalue weighted by molar-refractivity contribution is 0.321. The first kappa shape index (κ1) is 13.8. The van der Waals surface area contributed by atoms with Gasteiger partial charge in [0.25, 0.3) is 0 Å². The van der Waals surface area contributed by atoms with Gasteiger partial charge < -0.3 is 10.5 Å².